The van der Waals surface area contributed by atoms with E-state index in [9.17, 15) is 0 Å². The van der Waals surface area contributed by atoms with Crippen molar-refractivity contribution in [3.63, 3.8) is 0 Å². The third kappa shape index (κ3) is 11.0. The van der Waals surface area contributed by atoms with Crippen molar-refractivity contribution < 1.29 is 0 Å². The first-order valence-electron chi connectivity index (χ1n) is 4.45. The van der Waals surface area contributed by atoms with Crippen LogP contribution in [0.25, 0.3) is 0 Å². The first-order chi connectivity index (χ1) is 5.21. The van der Waals surface area contributed by atoms with Gasteiger partial charge in [-0.1, -0.05) is 0 Å². The SMILES string of the molecule is CC(C)(C)C[Se][Se]CC(C)(C)C. The second kappa shape index (κ2) is 5.05. The molecule has 0 saturated carbocycles. The fourth-order valence-corrected chi connectivity index (χ4v) is 11.8. The van der Waals surface area contributed by atoms with Crippen molar-refractivity contribution in [2.24, 2.45) is 10.8 Å². The summed E-state index contributed by atoms with van der Waals surface area (Å²) in [7, 11) is 0. The predicted octanol–water partition coefficient (Wildman–Crippen LogP) is 3.24. The summed E-state index contributed by atoms with van der Waals surface area (Å²) in [6.45, 7) is 14.1. The third-order valence-electron chi connectivity index (χ3n) is 1.07. The van der Waals surface area contributed by atoms with E-state index in [0.717, 1.165) is 26.3 Å². The van der Waals surface area contributed by atoms with Crippen LogP contribution in [0.1, 0.15) is 41.5 Å². The van der Waals surface area contributed by atoms with Crippen molar-refractivity contribution in [2.45, 2.75) is 52.2 Å². The van der Waals surface area contributed by atoms with Gasteiger partial charge < -0.3 is 0 Å². The molecular formula is C10H22Se2. The van der Waals surface area contributed by atoms with Gasteiger partial charge in [-0.2, -0.15) is 0 Å². The van der Waals surface area contributed by atoms with Gasteiger partial charge in [-0.15, -0.1) is 0 Å². The zero-order chi connectivity index (χ0) is 9.83. The van der Waals surface area contributed by atoms with Crippen molar-refractivity contribution in [1.29, 1.82) is 0 Å². The van der Waals surface area contributed by atoms with Crippen LogP contribution in [-0.2, 0) is 0 Å². The van der Waals surface area contributed by atoms with Gasteiger partial charge in [0.15, 0.2) is 0 Å². The molecule has 0 heterocycles. The second-order valence-electron chi connectivity index (χ2n) is 5.65. The Bertz CT molecular complexity index is 101. The summed E-state index contributed by atoms with van der Waals surface area (Å²) >= 11 is 1.86. The summed E-state index contributed by atoms with van der Waals surface area (Å²) in [5.41, 5.74) is 1.14. The summed E-state index contributed by atoms with van der Waals surface area (Å²) in [4.78, 5) is 0. The molecule has 0 aliphatic rings. The van der Waals surface area contributed by atoms with Gasteiger partial charge in [0.05, 0.1) is 0 Å². The average molecular weight is 300 g/mol. The zero-order valence-electron chi connectivity index (χ0n) is 9.23. The van der Waals surface area contributed by atoms with Gasteiger partial charge in [0.1, 0.15) is 0 Å². The van der Waals surface area contributed by atoms with E-state index in [1.807, 2.05) is 0 Å². The Morgan fingerprint density at radius 2 is 0.917 bits per heavy atom. The van der Waals surface area contributed by atoms with Crippen molar-refractivity contribution >= 4 is 26.3 Å². The molecule has 0 aliphatic carbocycles. The van der Waals surface area contributed by atoms with Crippen LogP contribution in [0, 0.1) is 10.8 Å². The Hall–Kier alpha value is 1.04. The summed E-state index contributed by atoms with van der Waals surface area (Å²) in [6, 6.07) is 0. The van der Waals surface area contributed by atoms with Gasteiger partial charge in [-0.3, -0.25) is 0 Å². The molecule has 0 aromatic rings. The number of rotatable bonds is 3. The van der Waals surface area contributed by atoms with E-state index >= 15 is 0 Å². The topological polar surface area (TPSA) is 0 Å². The molecule has 0 unspecified atom stereocenters. The van der Waals surface area contributed by atoms with Crippen LogP contribution >= 0.6 is 0 Å². The van der Waals surface area contributed by atoms with Gasteiger partial charge in [0, 0.05) is 0 Å². The van der Waals surface area contributed by atoms with Crippen molar-refractivity contribution in [2.75, 3.05) is 0 Å². The van der Waals surface area contributed by atoms with E-state index in [0.29, 0.717) is 10.8 Å². The molecule has 0 spiro atoms. The van der Waals surface area contributed by atoms with Crippen molar-refractivity contribution in [1.82, 2.24) is 0 Å². The molecule has 0 saturated heterocycles. The van der Waals surface area contributed by atoms with Gasteiger partial charge in [0.25, 0.3) is 0 Å². The summed E-state index contributed by atoms with van der Waals surface area (Å²) in [6.07, 6.45) is 0. The molecule has 0 rings (SSSR count). The van der Waals surface area contributed by atoms with Crippen LogP contribution in [0.4, 0.5) is 0 Å². The van der Waals surface area contributed by atoms with E-state index in [1.54, 1.807) is 0 Å². The molecule has 12 heavy (non-hydrogen) atoms. The molecule has 0 N–H and O–H groups in total. The molecule has 74 valence electrons. The standard InChI is InChI=1S/C10H22Se2/c1-9(2,3)7-11-12-8-10(4,5)6/h7-8H2,1-6H3. The summed E-state index contributed by atoms with van der Waals surface area (Å²) in [5.74, 6) is 0. The molecule has 0 amide bonds. The average Bonchev–Trinajstić information content (AvgIpc) is 1.76. The molecule has 2 heteroatoms. The van der Waals surface area contributed by atoms with E-state index in [1.165, 1.54) is 10.6 Å². The molecule has 0 atom stereocenters. The predicted molar refractivity (Wildman–Crippen MR) is 60.0 cm³/mol. The van der Waals surface area contributed by atoms with Crippen LogP contribution in [0.3, 0.4) is 0 Å². The fourth-order valence-electron chi connectivity index (χ4n) is 0.437. The molecule has 0 aromatic carbocycles. The number of hydrogen-bond acceptors (Lipinski definition) is 0. The van der Waals surface area contributed by atoms with E-state index in [-0.39, 0.29) is 0 Å². The van der Waals surface area contributed by atoms with Crippen LogP contribution in [0.5, 0.6) is 0 Å². The molecule has 0 aromatic heterocycles. The first-order valence-corrected chi connectivity index (χ1v) is 11.2. The molecular weight excluding hydrogens is 278 g/mol. The van der Waals surface area contributed by atoms with Gasteiger partial charge >= 0.3 is 89.3 Å². The van der Waals surface area contributed by atoms with Crippen LogP contribution in [-0.4, -0.2) is 26.3 Å². The maximum absolute atomic E-state index is 2.35. The third-order valence-corrected chi connectivity index (χ3v) is 9.93. The molecule has 0 radical (unpaired) electrons. The normalized spacial score (nSPS) is 13.5. The summed E-state index contributed by atoms with van der Waals surface area (Å²) in [5, 5.41) is 2.91. The van der Waals surface area contributed by atoms with Crippen LogP contribution in [0.15, 0.2) is 0 Å². The molecule has 0 fully saturated rings. The molecule has 0 aliphatic heterocycles. The molecule has 0 nitrogen and oxygen atoms in total. The minimum absolute atomic E-state index is 0.569. The Morgan fingerprint density at radius 1 is 0.667 bits per heavy atom. The Balaban J connectivity index is 3.35. The molecule has 0 bridgehead atoms. The van der Waals surface area contributed by atoms with Gasteiger partial charge in [-0.05, 0) is 0 Å². The first kappa shape index (κ1) is 13.0. The quantitative estimate of drug-likeness (QED) is 0.554. The van der Waals surface area contributed by atoms with Crippen molar-refractivity contribution in [3.8, 4) is 0 Å². The van der Waals surface area contributed by atoms with E-state index in [4.69, 9.17) is 0 Å². The Kier molecular flexibility index (Phi) is 5.49. The Morgan fingerprint density at radius 3 is 1.08 bits per heavy atom. The fraction of sp³-hybridized carbons (Fsp3) is 1.00. The maximum atomic E-state index is 2.35. The van der Waals surface area contributed by atoms with Gasteiger partial charge in [-0.25, -0.2) is 0 Å². The second-order valence-corrected chi connectivity index (χ2v) is 13.0. The minimum atomic E-state index is 0.569. The van der Waals surface area contributed by atoms with Crippen LogP contribution < -0.4 is 0 Å². The van der Waals surface area contributed by atoms with E-state index < -0.39 is 0 Å². The van der Waals surface area contributed by atoms with Crippen LogP contribution in [0.2, 0.25) is 10.6 Å². The Labute approximate surface area is 89.1 Å². The van der Waals surface area contributed by atoms with E-state index in [2.05, 4.69) is 41.5 Å². The van der Waals surface area contributed by atoms with Crippen molar-refractivity contribution in [3.05, 3.63) is 0 Å². The number of hydrogen-bond donors (Lipinski definition) is 0. The summed E-state index contributed by atoms with van der Waals surface area (Å²) < 4.78 is 0. The monoisotopic (exact) mass is 302 g/mol. The van der Waals surface area contributed by atoms with Gasteiger partial charge in [0.2, 0.25) is 0 Å². The zero-order valence-corrected chi connectivity index (χ0v) is 12.7.